The number of benzene rings is 6. The Morgan fingerprint density at radius 3 is 1.79 bits per heavy atom. The van der Waals surface area contributed by atoms with Crippen LogP contribution in [0.3, 0.4) is 0 Å². The van der Waals surface area contributed by atoms with Gasteiger partial charge in [0.2, 0.25) is 0 Å². The Balaban J connectivity index is 1.16. The lowest BCUT2D eigenvalue weighted by molar-refractivity contribution is 0.360. The molecule has 1 aliphatic carbocycles. The van der Waals surface area contributed by atoms with Gasteiger partial charge in [-0.15, -0.1) is 0 Å². The Bertz CT molecular complexity index is 2330. The predicted octanol–water partition coefficient (Wildman–Crippen LogP) is 10.7. The third-order valence-corrected chi connectivity index (χ3v) is 9.19. The number of hydrogen-bond acceptors (Lipinski definition) is 5. The molecule has 0 atom stereocenters. The second kappa shape index (κ2) is 10.5. The van der Waals surface area contributed by atoms with Crippen molar-refractivity contribution in [1.29, 1.82) is 0 Å². The molecule has 0 saturated heterocycles. The molecule has 5 heteroatoms. The van der Waals surface area contributed by atoms with E-state index in [2.05, 4.69) is 68.4 Å². The zero-order chi connectivity index (χ0) is 31.5. The molecule has 1 aliphatic heterocycles. The first kappa shape index (κ1) is 27.3. The monoisotopic (exact) mass is 607 g/mol. The van der Waals surface area contributed by atoms with Crippen LogP contribution in [0.15, 0.2) is 140 Å². The van der Waals surface area contributed by atoms with E-state index in [-0.39, 0.29) is 5.41 Å². The molecule has 2 heterocycles. The summed E-state index contributed by atoms with van der Waals surface area (Å²) in [5, 5.41) is 0. The molecule has 0 N–H and O–H groups in total. The minimum atomic E-state index is -0.140. The maximum absolute atomic E-state index is 6.73. The highest BCUT2D eigenvalue weighted by Crippen LogP contribution is 2.58. The van der Waals surface area contributed by atoms with Gasteiger partial charge in [-0.2, -0.15) is 0 Å². The molecule has 9 rings (SSSR count). The van der Waals surface area contributed by atoms with Crippen LogP contribution < -0.4 is 9.47 Å². The van der Waals surface area contributed by atoms with Crippen LogP contribution in [-0.2, 0) is 5.41 Å². The fourth-order valence-electron chi connectivity index (χ4n) is 6.78. The first-order valence-electron chi connectivity index (χ1n) is 15.8. The second-order valence-electron chi connectivity index (χ2n) is 12.5. The van der Waals surface area contributed by atoms with Crippen LogP contribution in [0.4, 0.5) is 0 Å². The lowest BCUT2D eigenvalue weighted by Crippen LogP contribution is -2.15. The molecule has 2 aliphatic rings. The summed E-state index contributed by atoms with van der Waals surface area (Å²) in [5.41, 5.74) is 9.52. The molecule has 47 heavy (non-hydrogen) atoms. The molecule has 0 radical (unpaired) electrons. The van der Waals surface area contributed by atoms with Gasteiger partial charge in [-0.05, 0) is 58.1 Å². The molecule has 1 aromatic heterocycles. The lowest BCUT2D eigenvalue weighted by atomic mass is 9.82. The van der Waals surface area contributed by atoms with Crippen LogP contribution in [0.2, 0.25) is 0 Å². The second-order valence-corrected chi connectivity index (χ2v) is 12.5. The van der Waals surface area contributed by atoms with Crippen molar-refractivity contribution in [2.45, 2.75) is 19.3 Å². The van der Waals surface area contributed by atoms with Crippen LogP contribution in [-0.4, -0.2) is 15.0 Å². The normalized spacial score (nSPS) is 13.4. The van der Waals surface area contributed by atoms with E-state index in [1.54, 1.807) is 0 Å². The minimum Gasteiger partial charge on any atom is -0.449 e. The molecule has 0 bridgehead atoms. The minimum absolute atomic E-state index is 0.140. The predicted molar refractivity (Wildman–Crippen MR) is 186 cm³/mol. The maximum atomic E-state index is 6.73. The summed E-state index contributed by atoms with van der Waals surface area (Å²) in [4.78, 5) is 14.9. The average molecular weight is 608 g/mol. The highest BCUT2D eigenvalue weighted by Gasteiger charge is 2.39. The Labute approximate surface area is 273 Å². The maximum Gasteiger partial charge on any atom is 0.178 e. The average Bonchev–Trinajstić information content (AvgIpc) is 3.37. The molecule has 6 aromatic carbocycles. The topological polar surface area (TPSA) is 57.1 Å². The SMILES string of the molecule is CC1(C)c2ccccc2-c2c1ccc1c2Oc2cc(-c3nc(-c4ccccc4)nc(-c4cccc(-c5ccccc5)c4)n3)ccc2O1. The fraction of sp³-hybridized carbons (Fsp3) is 0.0714. The van der Waals surface area contributed by atoms with E-state index in [1.165, 1.54) is 16.7 Å². The van der Waals surface area contributed by atoms with E-state index in [0.717, 1.165) is 39.1 Å². The molecule has 224 valence electrons. The van der Waals surface area contributed by atoms with Gasteiger partial charge in [0.15, 0.2) is 40.5 Å². The van der Waals surface area contributed by atoms with Gasteiger partial charge in [0.1, 0.15) is 0 Å². The van der Waals surface area contributed by atoms with Crippen molar-refractivity contribution < 1.29 is 9.47 Å². The molecule has 0 saturated carbocycles. The van der Waals surface area contributed by atoms with Crippen LogP contribution in [0.25, 0.3) is 56.4 Å². The highest BCUT2D eigenvalue weighted by atomic mass is 16.6. The summed E-state index contributed by atoms with van der Waals surface area (Å²) >= 11 is 0. The molecule has 0 fully saturated rings. The summed E-state index contributed by atoms with van der Waals surface area (Å²) in [6.45, 7) is 4.52. The van der Waals surface area contributed by atoms with Gasteiger partial charge in [0, 0.05) is 27.7 Å². The molecule has 7 aromatic rings. The number of hydrogen-bond donors (Lipinski definition) is 0. The number of aromatic nitrogens is 3. The summed E-state index contributed by atoms with van der Waals surface area (Å²) in [7, 11) is 0. The van der Waals surface area contributed by atoms with Crippen molar-refractivity contribution in [3.05, 3.63) is 151 Å². The van der Waals surface area contributed by atoms with Crippen molar-refractivity contribution in [1.82, 2.24) is 15.0 Å². The van der Waals surface area contributed by atoms with Crippen molar-refractivity contribution in [2.24, 2.45) is 0 Å². The van der Waals surface area contributed by atoms with Gasteiger partial charge >= 0.3 is 0 Å². The molecule has 0 spiro atoms. The van der Waals surface area contributed by atoms with E-state index in [9.17, 15) is 0 Å². The smallest absolute Gasteiger partial charge is 0.178 e. The summed E-state index contributed by atoms with van der Waals surface area (Å²) in [5.74, 6) is 4.49. The van der Waals surface area contributed by atoms with Gasteiger partial charge in [-0.1, -0.05) is 123 Å². The Morgan fingerprint density at radius 1 is 0.426 bits per heavy atom. The number of nitrogens with zero attached hydrogens (tertiary/aromatic N) is 3. The summed E-state index contributed by atoms with van der Waals surface area (Å²) < 4.78 is 13.2. The van der Waals surface area contributed by atoms with Crippen molar-refractivity contribution in [2.75, 3.05) is 0 Å². The largest absolute Gasteiger partial charge is 0.449 e. The number of rotatable bonds is 4. The van der Waals surface area contributed by atoms with Crippen molar-refractivity contribution >= 4 is 0 Å². The lowest BCUT2D eigenvalue weighted by Gasteiger charge is -2.25. The van der Waals surface area contributed by atoms with Gasteiger partial charge in [0.05, 0.1) is 0 Å². The zero-order valence-electron chi connectivity index (χ0n) is 25.9. The van der Waals surface area contributed by atoms with Crippen LogP contribution in [0, 0.1) is 0 Å². The molecular formula is C42H29N3O2. The van der Waals surface area contributed by atoms with Crippen molar-refractivity contribution in [3.63, 3.8) is 0 Å². The first-order valence-corrected chi connectivity index (χ1v) is 15.8. The van der Waals surface area contributed by atoms with Crippen LogP contribution in [0.1, 0.15) is 25.0 Å². The Hall–Kier alpha value is -6.07. The van der Waals surface area contributed by atoms with E-state index >= 15 is 0 Å². The first-order chi connectivity index (χ1) is 23.0. The molecular weight excluding hydrogens is 578 g/mol. The van der Waals surface area contributed by atoms with Gasteiger partial charge in [-0.25, -0.2) is 15.0 Å². The highest BCUT2D eigenvalue weighted by molar-refractivity contribution is 5.88. The third kappa shape index (κ3) is 4.50. The standard InChI is InChI=1S/C42H29N3O2/c1-42(2)32-19-10-9-18-31(32)37-33(42)21-23-35-38(37)47-36-25-30(20-22-34(36)46-35)41-44-39(27-14-7-4-8-15-27)43-40(45-41)29-17-11-16-28(24-29)26-12-5-3-6-13-26/h3-25H,1-2H3. The van der Waals surface area contributed by atoms with Crippen LogP contribution >= 0.6 is 0 Å². The summed E-state index contributed by atoms with van der Waals surface area (Å²) in [6.07, 6.45) is 0. The van der Waals surface area contributed by atoms with Gasteiger partial charge in [0.25, 0.3) is 0 Å². The van der Waals surface area contributed by atoms with Gasteiger partial charge in [-0.3, -0.25) is 0 Å². The van der Waals surface area contributed by atoms with E-state index in [4.69, 9.17) is 24.4 Å². The molecule has 5 nitrogen and oxygen atoms in total. The quantitative estimate of drug-likeness (QED) is 0.199. The molecule has 0 amide bonds. The van der Waals surface area contributed by atoms with Crippen LogP contribution in [0.5, 0.6) is 23.0 Å². The van der Waals surface area contributed by atoms with E-state index in [1.807, 2.05) is 84.9 Å². The Kier molecular flexibility index (Phi) is 6.09. The molecule has 0 unspecified atom stereocenters. The van der Waals surface area contributed by atoms with Crippen molar-refractivity contribution in [3.8, 4) is 79.4 Å². The number of fused-ring (bicyclic) bond motifs is 6. The Morgan fingerprint density at radius 2 is 1.02 bits per heavy atom. The van der Waals surface area contributed by atoms with E-state index in [0.29, 0.717) is 34.7 Å². The van der Waals surface area contributed by atoms with E-state index < -0.39 is 0 Å². The zero-order valence-corrected chi connectivity index (χ0v) is 25.9. The van der Waals surface area contributed by atoms with Gasteiger partial charge < -0.3 is 9.47 Å². The summed E-state index contributed by atoms with van der Waals surface area (Å²) in [6, 6.07) is 47.3. The number of ether oxygens (including phenoxy) is 2. The fourth-order valence-corrected chi connectivity index (χ4v) is 6.78. The third-order valence-electron chi connectivity index (χ3n) is 9.19.